The molecule has 2 aromatic carbocycles. The van der Waals surface area contributed by atoms with Crippen LogP contribution in [0.15, 0.2) is 64.3 Å². The van der Waals surface area contributed by atoms with Crippen molar-refractivity contribution in [2.75, 3.05) is 20.3 Å². The molecule has 9 nitrogen and oxygen atoms in total. The number of nitrogens with zero attached hydrogens (tertiary/aromatic N) is 4. The monoisotopic (exact) mass is 421 g/mol. The zero-order valence-corrected chi connectivity index (χ0v) is 17.0. The summed E-state index contributed by atoms with van der Waals surface area (Å²) >= 11 is 0. The predicted molar refractivity (Wildman–Crippen MR) is 113 cm³/mol. The SMILES string of the molecule is CON=C1C[C@@H](c2noc([C@@H](N)CO)n2)N(C(=O)c2ccc(-c3ccccc3)cc2)C1. The maximum absolute atomic E-state index is 13.3. The number of benzene rings is 2. The number of oxime groups is 1. The Morgan fingerprint density at radius 2 is 1.97 bits per heavy atom. The number of amides is 1. The van der Waals surface area contributed by atoms with Gasteiger partial charge in [-0.25, -0.2) is 0 Å². The fraction of sp³-hybridized carbons (Fsp3) is 0.273. The van der Waals surface area contributed by atoms with E-state index in [2.05, 4.69) is 15.3 Å². The number of aliphatic hydroxyl groups excluding tert-OH is 1. The van der Waals surface area contributed by atoms with Crippen molar-refractivity contribution in [1.29, 1.82) is 0 Å². The molecule has 9 heteroatoms. The minimum absolute atomic E-state index is 0.120. The average Bonchev–Trinajstić information content (AvgIpc) is 3.46. The number of carbonyl (C=O) groups is 1. The van der Waals surface area contributed by atoms with Crippen LogP contribution in [0.3, 0.4) is 0 Å². The number of aliphatic hydroxyl groups is 1. The molecule has 4 rings (SSSR count). The topological polar surface area (TPSA) is 127 Å². The molecule has 3 N–H and O–H groups in total. The van der Waals surface area contributed by atoms with Gasteiger partial charge in [-0.1, -0.05) is 52.8 Å². The number of aromatic nitrogens is 2. The van der Waals surface area contributed by atoms with Gasteiger partial charge in [-0.15, -0.1) is 0 Å². The summed E-state index contributed by atoms with van der Waals surface area (Å²) in [5.74, 6) is 0.257. The molecule has 1 aliphatic rings. The Morgan fingerprint density at radius 3 is 2.65 bits per heavy atom. The first-order valence-electron chi connectivity index (χ1n) is 9.86. The molecule has 0 bridgehead atoms. The van der Waals surface area contributed by atoms with E-state index in [4.69, 9.17) is 15.1 Å². The van der Waals surface area contributed by atoms with Crippen molar-refractivity contribution < 1.29 is 19.3 Å². The third-order valence-electron chi connectivity index (χ3n) is 5.15. The highest BCUT2D eigenvalue weighted by atomic mass is 16.6. The second kappa shape index (κ2) is 9.07. The standard InChI is InChI=1S/C22H23N5O4/c1-30-25-17-11-19(20-24-21(31-26-20)18(23)13-28)27(12-17)22(29)16-9-7-15(8-10-16)14-5-3-2-4-6-14/h2-10,18-19,28H,11-13,23H2,1H3/t18-,19-/m0/s1. The lowest BCUT2D eigenvalue weighted by Gasteiger charge is -2.21. The van der Waals surface area contributed by atoms with Gasteiger partial charge >= 0.3 is 0 Å². The first-order valence-corrected chi connectivity index (χ1v) is 9.86. The fourth-order valence-electron chi connectivity index (χ4n) is 3.56. The third kappa shape index (κ3) is 4.32. The van der Waals surface area contributed by atoms with Crippen LogP contribution in [0.2, 0.25) is 0 Å². The smallest absolute Gasteiger partial charge is 0.254 e. The first kappa shape index (κ1) is 20.7. The summed E-state index contributed by atoms with van der Waals surface area (Å²) in [4.78, 5) is 24.1. The summed E-state index contributed by atoms with van der Waals surface area (Å²) in [5.41, 5.74) is 9.10. The van der Waals surface area contributed by atoms with Crippen molar-refractivity contribution in [3.8, 4) is 11.1 Å². The van der Waals surface area contributed by atoms with Crippen LogP contribution in [0.1, 0.15) is 40.6 Å². The number of nitrogens with two attached hydrogens (primary N) is 1. The van der Waals surface area contributed by atoms with E-state index in [1.165, 1.54) is 7.11 Å². The molecular formula is C22H23N5O4. The van der Waals surface area contributed by atoms with Gasteiger partial charge in [0, 0.05) is 12.0 Å². The molecule has 1 saturated heterocycles. The third-order valence-corrected chi connectivity index (χ3v) is 5.15. The molecule has 0 spiro atoms. The molecule has 0 saturated carbocycles. The van der Waals surface area contributed by atoms with Gasteiger partial charge in [0.25, 0.3) is 5.91 Å². The van der Waals surface area contributed by atoms with Gasteiger partial charge in [0.15, 0.2) is 5.82 Å². The lowest BCUT2D eigenvalue weighted by atomic mass is 10.0. The van der Waals surface area contributed by atoms with Gasteiger partial charge < -0.3 is 25.1 Å². The van der Waals surface area contributed by atoms with Crippen LogP contribution < -0.4 is 5.73 Å². The van der Waals surface area contributed by atoms with E-state index in [9.17, 15) is 9.90 Å². The molecule has 2 atom stereocenters. The van der Waals surface area contributed by atoms with Crippen molar-refractivity contribution in [1.82, 2.24) is 15.0 Å². The number of rotatable bonds is 6. The molecule has 1 amide bonds. The van der Waals surface area contributed by atoms with Crippen molar-refractivity contribution in [3.63, 3.8) is 0 Å². The molecule has 1 aromatic heterocycles. The lowest BCUT2D eigenvalue weighted by Crippen LogP contribution is -2.31. The Hall–Kier alpha value is -3.56. The molecular weight excluding hydrogens is 398 g/mol. The maximum atomic E-state index is 13.3. The minimum Gasteiger partial charge on any atom is -0.399 e. The quantitative estimate of drug-likeness (QED) is 0.585. The zero-order valence-electron chi connectivity index (χ0n) is 17.0. The van der Waals surface area contributed by atoms with E-state index in [0.29, 0.717) is 23.5 Å². The fourth-order valence-corrected chi connectivity index (χ4v) is 3.56. The van der Waals surface area contributed by atoms with Gasteiger partial charge in [-0.2, -0.15) is 4.98 Å². The van der Waals surface area contributed by atoms with E-state index < -0.39 is 12.1 Å². The summed E-state index contributed by atoms with van der Waals surface area (Å²) in [6.45, 7) is -0.0349. The molecule has 31 heavy (non-hydrogen) atoms. The van der Waals surface area contributed by atoms with E-state index in [-0.39, 0.29) is 24.9 Å². The highest BCUT2D eigenvalue weighted by molar-refractivity contribution is 6.00. The van der Waals surface area contributed by atoms with Crippen LogP contribution in [0, 0.1) is 0 Å². The van der Waals surface area contributed by atoms with Crippen LogP contribution in [0.4, 0.5) is 0 Å². The van der Waals surface area contributed by atoms with Crippen molar-refractivity contribution in [3.05, 3.63) is 71.9 Å². The highest BCUT2D eigenvalue weighted by Crippen LogP contribution is 2.31. The Bertz CT molecular complexity index is 1070. The molecule has 3 aromatic rings. The summed E-state index contributed by atoms with van der Waals surface area (Å²) < 4.78 is 5.17. The Balaban J connectivity index is 1.60. The summed E-state index contributed by atoms with van der Waals surface area (Å²) in [6.07, 6.45) is 0.412. The zero-order chi connectivity index (χ0) is 21.8. The molecule has 0 radical (unpaired) electrons. The van der Waals surface area contributed by atoms with Crippen molar-refractivity contribution in [2.45, 2.75) is 18.5 Å². The Labute approximate surface area is 179 Å². The summed E-state index contributed by atoms with van der Waals surface area (Å²) in [7, 11) is 1.46. The largest absolute Gasteiger partial charge is 0.399 e. The van der Waals surface area contributed by atoms with Gasteiger partial charge in [0.1, 0.15) is 19.2 Å². The van der Waals surface area contributed by atoms with E-state index in [0.717, 1.165) is 11.1 Å². The summed E-state index contributed by atoms with van der Waals surface area (Å²) in [6, 6.07) is 16.1. The minimum atomic E-state index is -0.774. The molecule has 0 aliphatic carbocycles. The number of likely N-dealkylation sites (tertiary alicyclic amines) is 1. The normalized spacial score (nSPS) is 18.4. The van der Waals surface area contributed by atoms with E-state index in [1.54, 1.807) is 17.0 Å². The van der Waals surface area contributed by atoms with Crippen LogP contribution in [-0.4, -0.2) is 52.0 Å². The molecule has 1 aliphatic heterocycles. The Morgan fingerprint density at radius 1 is 1.26 bits per heavy atom. The molecule has 1 fully saturated rings. The lowest BCUT2D eigenvalue weighted by molar-refractivity contribution is 0.0732. The number of hydrogen-bond acceptors (Lipinski definition) is 8. The number of carbonyl (C=O) groups excluding carboxylic acids is 1. The van der Waals surface area contributed by atoms with E-state index >= 15 is 0 Å². The van der Waals surface area contributed by atoms with Crippen LogP contribution in [-0.2, 0) is 4.84 Å². The van der Waals surface area contributed by atoms with Crippen LogP contribution in [0.25, 0.3) is 11.1 Å². The van der Waals surface area contributed by atoms with Crippen LogP contribution in [0.5, 0.6) is 0 Å². The van der Waals surface area contributed by atoms with Gasteiger partial charge in [-0.3, -0.25) is 4.79 Å². The Kier molecular flexibility index (Phi) is 6.06. The first-order chi connectivity index (χ1) is 15.1. The molecule has 2 heterocycles. The van der Waals surface area contributed by atoms with E-state index in [1.807, 2.05) is 42.5 Å². The second-order valence-corrected chi connectivity index (χ2v) is 7.22. The molecule has 160 valence electrons. The van der Waals surface area contributed by atoms with Gasteiger partial charge in [0.2, 0.25) is 5.89 Å². The summed E-state index contributed by atoms with van der Waals surface area (Å²) in [5, 5.41) is 17.2. The van der Waals surface area contributed by atoms with Gasteiger partial charge in [-0.05, 0) is 23.3 Å². The predicted octanol–water partition coefficient (Wildman–Crippen LogP) is 2.32. The van der Waals surface area contributed by atoms with Gasteiger partial charge in [0.05, 0.1) is 18.9 Å². The van der Waals surface area contributed by atoms with Crippen molar-refractivity contribution >= 4 is 11.6 Å². The highest BCUT2D eigenvalue weighted by Gasteiger charge is 2.38. The average molecular weight is 421 g/mol. The second-order valence-electron chi connectivity index (χ2n) is 7.22. The maximum Gasteiger partial charge on any atom is 0.254 e. The van der Waals surface area contributed by atoms with Crippen LogP contribution >= 0.6 is 0 Å². The number of hydrogen-bond donors (Lipinski definition) is 2. The van der Waals surface area contributed by atoms with Crippen molar-refractivity contribution in [2.24, 2.45) is 10.9 Å². The molecule has 0 unspecified atom stereocenters.